The second-order valence-corrected chi connectivity index (χ2v) is 12.1. The van der Waals surface area contributed by atoms with Crippen molar-refractivity contribution in [3.8, 4) is 0 Å². The lowest BCUT2D eigenvalue weighted by molar-refractivity contribution is -0.119. The normalized spacial score (nSPS) is 18.0. The second kappa shape index (κ2) is 10.2. The molecule has 2 amide bonds. The molecule has 1 atom stereocenters. The van der Waals surface area contributed by atoms with Crippen LogP contribution in [0.3, 0.4) is 0 Å². The van der Waals surface area contributed by atoms with Crippen LogP contribution >= 0.6 is 11.3 Å². The minimum Gasteiger partial charge on any atom is -0.324 e. The zero-order valence-electron chi connectivity index (χ0n) is 21.2. The summed E-state index contributed by atoms with van der Waals surface area (Å²) in [6.45, 7) is 11.8. The van der Waals surface area contributed by atoms with Gasteiger partial charge in [-0.3, -0.25) is 14.5 Å². The number of para-hydroxylation sites is 1. The number of hydrogen-bond donors (Lipinski definition) is 2. The molecule has 1 aromatic carbocycles. The van der Waals surface area contributed by atoms with E-state index in [-0.39, 0.29) is 11.8 Å². The Morgan fingerprint density at radius 2 is 1.79 bits per heavy atom. The molecule has 1 aromatic heterocycles. The van der Waals surface area contributed by atoms with Crippen molar-refractivity contribution >= 4 is 34.0 Å². The maximum atomic E-state index is 12.7. The average molecular weight is 483 g/mol. The molecule has 0 bridgehead atoms. The number of carbonyl (C=O) groups is 2. The third-order valence-electron chi connectivity index (χ3n) is 7.19. The lowest BCUT2D eigenvalue weighted by atomic mass is 9.73. The Labute approximate surface area is 207 Å². The molecule has 1 saturated carbocycles. The number of amides is 2. The van der Waals surface area contributed by atoms with Crippen LogP contribution in [0.15, 0.2) is 18.2 Å². The first-order valence-electron chi connectivity index (χ1n) is 12.5. The van der Waals surface area contributed by atoms with Gasteiger partial charge in [0.05, 0.1) is 12.2 Å². The summed E-state index contributed by atoms with van der Waals surface area (Å²) >= 11 is 1.63. The predicted octanol–water partition coefficient (Wildman–Crippen LogP) is 5.34. The van der Waals surface area contributed by atoms with Crippen LogP contribution in [0.4, 0.5) is 10.8 Å². The van der Waals surface area contributed by atoms with Gasteiger partial charge in [0.25, 0.3) is 0 Å². The Balaban J connectivity index is 1.29. The molecule has 4 rings (SSSR count). The van der Waals surface area contributed by atoms with Crippen molar-refractivity contribution in [1.82, 2.24) is 9.88 Å². The highest BCUT2D eigenvalue weighted by Crippen LogP contribution is 2.40. The molecule has 2 aromatic rings. The van der Waals surface area contributed by atoms with E-state index in [2.05, 4.69) is 36.3 Å². The molecule has 6 nitrogen and oxygen atoms in total. The Morgan fingerprint density at radius 3 is 2.44 bits per heavy atom. The molecule has 2 aliphatic rings. The van der Waals surface area contributed by atoms with Crippen molar-refractivity contribution in [2.75, 3.05) is 23.7 Å². The SMILES string of the molecule is Cc1cccc(C)c1NC(=O)CN(CCC(=O)Nc1nc2c(s1)CC(C(C)(C)C)CC2)C1CC1. The van der Waals surface area contributed by atoms with Crippen LogP contribution in [0.2, 0.25) is 0 Å². The van der Waals surface area contributed by atoms with Gasteiger partial charge in [-0.2, -0.15) is 0 Å². The number of nitrogens with one attached hydrogen (secondary N) is 2. The van der Waals surface area contributed by atoms with Gasteiger partial charge in [0.1, 0.15) is 0 Å². The van der Waals surface area contributed by atoms with Gasteiger partial charge in [0.15, 0.2) is 5.13 Å². The van der Waals surface area contributed by atoms with Gasteiger partial charge in [-0.25, -0.2) is 4.98 Å². The van der Waals surface area contributed by atoms with Gasteiger partial charge in [-0.15, -0.1) is 11.3 Å². The lowest BCUT2D eigenvalue weighted by Crippen LogP contribution is -2.37. The number of anilines is 2. The van der Waals surface area contributed by atoms with E-state index in [1.807, 2.05) is 32.0 Å². The number of aryl methyl sites for hydroxylation is 3. The topological polar surface area (TPSA) is 74.3 Å². The highest BCUT2D eigenvalue weighted by atomic mass is 32.1. The number of nitrogens with zero attached hydrogens (tertiary/aromatic N) is 2. The fraction of sp³-hybridized carbons (Fsp3) is 0.593. The van der Waals surface area contributed by atoms with Gasteiger partial charge < -0.3 is 10.6 Å². The number of hydrogen-bond acceptors (Lipinski definition) is 5. The predicted molar refractivity (Wildman–Crippen MR) is 139 cm³/mol. The van der Waals surface area contributed by atoms with E-state index < -0.39 is 0 Å². The molecule has 0 radical (unpaired) electrons. The highest BCUT2D eigenvalue weighted by Gasteiger charge is 2.32. The molecule has 0 aliphatic heterocycles. The third-order valence-corrected chi connectivity index (χ3v) is 8.23. The van der Waals surface area contributed by atoms with Gasteiger partial charge in [0.2, 0.25) is 11.8 Å². The first kappa shape index (κ1) is 24.9. The van der Waals surface area contributed by atoms with Crippen LogP contribution in [0.25, 0.3) is 0 Å². The molecule has 7 heteroatoms. The van der Waals surface area contributed by atoms with Gasteiger partial charge in [-0.1, -0.05) is 39.0 Å². The minimum atomic E-state index is -0.0284. The van der Waals surface area contributed by atoms with Crippen LogP contribution in [0.5, 0.6) is 0 Å². The summed E-state index contributed by atoms with van der Waals surface area (Å²) in [4.78, 5) is 33.6. The molecule has 2 aliphatic carbocycles. The fourth-order valence-corrected chi connectivity index (χ4v) is 5.90. The summed E-state index contributed by atoms with van der Waals surface area (Å²) in [5.74, 6) is 0.607. The largest absolute Gasteiger partial charge is 0.324 e. The number of benzene rings is 1. The second-order valence-electron chi connectivity index (χ2n) is 11.0. The number of fused-ring (bicyclic) bond motifs is 1. The number of aromatic nitrogens is 1. The van der Waals surface area contributed by atoms with Gasteiger partial charge in [-0.05, 0) is 68.4 Å². The quantitative estimate of drug-likeness (QED) is 0.532. The summed E-state index contributed by atoms with van der Waals surface area (Å²) in [7, 11) is 0. The number of thiazole rings is 1. The Morgan fingerprint density at radius 1 is 1.09 bits per heavy atom. The van der Waals surface area contributed by atoms with E-state index in [9.17, 15) is 9.59 Å². The summed E-state index contributed by atoms with van der Waals surface area (Å²) < 4.78 is 0. The molecule has 184 valence electrons. The van der Waals surface area contributed by atoms with Crippen LogP contribution < -0.4 is 10.6 Å². The third kappa shape index (κ3) is 6.25. The molecule has 1 fully saturated rings. The van der Waals surface area contributed by atoms with Crippen molar-refractivity contribution < 1.29 is 9.59 Å². The Kier molecular flexibility index (Phi) is 7.43. The van der Waals surface area contributed by atoms with E-state index in [4.69, 9.17) is 4.98 Å². The maximum absolute atomic E-state index is 12.7. The van der Waals surface area contributed by atoms with Gasteiger partial charge in [0, 0.05) is 29.6 Å². The molecule has 34 heavy (non-hydrogen) atoms. The first-order valence-corrected chi connectivity index (χ1v) is 13.3. The summed E-state index contributed by atoms with van der Waals surface area (Å²) in [5, 5.41) is 6.81. The first-order chi connectivity index (χ1) is 16.1. The van der Waals surface area contributed by atoms with Crippen LogP contribution in [-0.2, 0) is 22.4 Å². The van der Waals surface area contributed by atoms with Crippen molar-refractivity contribution in [3.05, 3.63) is 39.9 Å². The molecular formula is C27H38N4O2S. The van der Waals surface area contributed by atoms with E-state index in [0.717, 1.165) is 59.7 Å². The lowest BCUT2D eigenvalue weighted by Gasteiger charge is -2.33. The summed E-state index contributed by atoms with van der Waals surface area (Å²) in [6, 6.07) is 6.41. The zero-order chi connectivity index (χ0) is 24.5. The summed E-state index contributed by atoms with van der Waals surface area (Å²) in [5.41, 5.74) is 4.46. The molecule has 1 unspecified atom stereocenters. The van der Waals surface area contributed by atoms with Crippen molar-refractivity contribution in [3.63, 3.8) is 0 Å². The molecule has 0 saturated heterocycles. The fourth-order valence-electron chi connectivity index (χ4n) is 4.80. The van der Waals surface area contributed by atoms with Crippen LogP contribution in [-0.4, -0.2) is 40.8 Å². The molecule has 0 spiro atoms. The maximum Gasteiger partial charge on any atom is 0.238 e. The van der Waals surface area contributed by atoms with E-state index in [1.165, 1.54) is 4.88 Å². The number of carbonyl (C=O) groups excluding carboxylic acids is 2. The van der Waals surface area contributed by atoms with E-state index in [0.29, 0.717) is 36.9 Å². The van der Waals surface area contributed by atoms with E-state index >= 15 is 0 Å². The monoisotopic (exact) mass is 482 g/mol. The Hall–Kier alpha value is -2.25. The number of rotatable bonds is 8. The van der Waals surface area contributed by atoms with Crippen molar-refractivity contribution in [2.24, 2.45) is 11.3 Å². The van der Waals surface area contributed by atoms with Crippen LogP contribution in [0, 0.1) is 25.2 Å². The van der Waals surface area contributed by atoms with Crippen molar-refractivity contribution in [1.29, 1.82) is 0 Å². The highest BCUT2D eigenvalue weighted by molar-refractivity contribution is 7.15. The van der Waals surface area contributed by atoms with E-state index in [1.54, 1.807) is 11.3 Å². The van der Waals surface area contributed by atoms with Crippen molar-refractivity contribution in [2.45, 2.75) is 79.2 Å². The average Bonchev–Trinajstić information content (AvgIpc) is 3.52. The molecule has 1 heterocycles. The summed E-state index contributed by atoms with van der Waals surface area (Å²) in [6.07, 6.45) is 5.75. The molecule has 2 N–H and O–H groups in total. The van der Waals surface area contributed by atoms with Crippen LogP contribution in [0.1, 0.15) is 68.2 Å². The minimum absolute atomic E-state index is 0.0225. The molecular weight excluding hydrogens is 444 g/mol. The zero-order valence-corrected chi connectivity index (χ0v) is 22.0. The smallest absolute Gasteiger partial charge is 0.238 e. The standard InChI is InChI=1S/C27H38N4O2S/c1-17-7-6-8-18(2)25(17)29-24(33)16-31(20-10-11-20)14-13-23(32)30-26-28-21-12-9-19(27(3,4)5)15-22(21)34-26/h6-8,19-20H,9-16H2,1-5H3,(H,29,33)(H,28,30,32). The van der Waals surface area contributed by atoms with Gasteiger partial charge >= 0.3 is 0 Å². The Bertz CT molecular complexity index is 1030.